The Balaban J connectivity index is 2.87. The summed E-state index contributed by atoms with van der Waals surface area (Å²) in [5, 5.41) is 10.5. The summed E-state index contributed by atoms with van der Waals surface area (Å²) in [5.74, 6) is 0.834. The van der Waals surface area contributed by atoms with Crippen molar-refractivity contribution in [2.75, 3.05) is 5.75 Å². The third kappa shape index (κ3) is 3.47. The van der Waals surface area contributed by atoms with Crippen LogP contribution in [-0.2, 0) is 0 Å². The van der Waals surface area contributed by atoms with Gasteiger partial charge in [0.1, 0.15) is 0 Å². The maximum Gasteiger partial charge on any atom is 0.343 e. The first-order valence-corrected chi connectivity index (χ1v) is 6.30. The minimum atomic E-state index is -0.689. The summed E-state index contributed by atoms with van der Waals surface area (Å²) in [6.07, 6.45) is 2.07. The molecule has 0 fully saturated rings. The number of nitro groups is 1. The first-order chi connectivity index (χ1) is 7.56. The minimum Gasteiger partial charge on any atom is -0.258 e. The van der Waals surface area contributed by atoms with Gasteiger partial charge in [0.25, 0.3) is 0 Å². The standard InChI is InChI=1S/C8H9Cl2N3O2S/c1-2-3-4-16-8-11-6(9)5(13(14)15)7(10)12-8/h2-4H2,1H3. The molecule has 16 heavy (non-hydrogen) atoms. The molecule has 0 atom stereocenters. The van der Waals surface area contributed by atoms with E-state index >= 15 is 0 Å². The molecule has 88 valence electrons. The van der Waals surface area contributed by atoms with Gasteiger partial charge in [-0.3, -0.25) is 10.1 Å². The molecule has 0 bridgehead atoms. The number of halogens is 2. The molecule has 1 aromatic rings. The summed E-state index contributed by atoms with van der Waals surface area (Å²) in [5.41, 5.74) is -0.442. The van der Waals surface area contributed by atoms with Crippen molar-refractivity contribution in [2.45, 2.75) is 24.9 Å². The van der Waals surface area contributed by atoms with Crippen LogP contribution in [0.15, 0.2) is 5.16 Å². The molecule has 0 amide bonds. The van der Waals surface area contributed by atoms with E-state index in [9.17, 15) is 10.1 Å². The smallest absolute Gasteiger partial charge is 0.258 e. The van der Waals surface area contributed by atoms with Crippen molar-refractivity contribution in [3.63, 3.8) is 0 Å². The molecule has 1 aromatic heterocycles. The van der Waals surface area contributed by atoms with E-state index in [0.717, 1.165) is 18.6 Å². The Morgan fingerprint density at radius 1 is 1.38 bits per heavy atom. The van der Waals surface area contributed by atoms with Crippen LogP contribution in [0.1, 0.15) is 19.8 Å². The van der Waals surface area contributed by atoms with E-state index in [4.69, 9.17) is 23.2 Å². The Morgan fingerprint density at radius 2 is 1.94 bits per heavy atom. The fourth-order valence-electron chi connectivity index (χ4n) is 0.907. The van der Waals surface area contributed by atoms with E-state index in [1.54, 1.807) is 0 Å². The van der Waals surface area contributed by atoms with Crippen LogP contribution in [0.2, 0.25) is 10.3 Å². The van der Waals surface area contributed by atoms with Gasteiger partial charge in [-0.1, -0.05) is 48.3 Å². The van der Waals surface area contributed by atoms with Gasteiger partial charge in [-0.15, -0.1) is 0 Å². The monoisotopic (exact) mass is 281 g/mol. The van der Waals surface area contributed by atoms with Gasteiger partial charge in [-0.25, -0.2) is 9.97 Å². The van der Waals surface area contributed by atoms with Crippen molar-refractivity contribution >= 4 is 40.7 Å². The molecule has 5 nitrogen and oxygen atoms in total. The number of hydrogen-bond donors (Lipinski definition) is 0. The highest BCUT2D eigenvalue weighted by molar-refractivity contribution is 7.99. The lowest BCUT2D eigenvalue weighted by Crippen LogP contribution is -1.97. The zero-order valence-electron chi connectivity index (χ0n) is 8.44. The molecule has 0 aliphatic carbocycles. The quantitative estimate of drug-likeness (QED) is 0.206. The summed E-state index contributed by atoms with van der Waals surface area (Å²) in [4.78, 5) is 17.5. The van der Waals surface area contributed by atoms with Gasteiger partial charge in [-0.2, -0.15) is 0 Å². The predicted octanol–water partition coefficient (Wildman–Crippen LogP) is 3.58. The van der Waals surface area contributed by atoms with Crippen LogP contribution in [0, 0.1) is 10.1 Å². The highest BCUT2D eigenvalue weighted by atomic mass is 35.5. The lowest BCUT2D eigenvalue weighted by molar-refractivity contribution is -0.385. The average Bonchev–Trinajstić information content (AvgIpc) is 2.16. The Bertz CT molecular complexity index is 380. The summed E-state index contributed by atoms with van der Waals surface area (Å²) in [6.45, 7) is 2.07. The van der Waals surface area contributed by atoms with Crippen molar-refractivity contribution in [3.05, 3.63) is 20.4 Å². The summed E-state index contributed by atoms with van der Waals surface area (Å²) >= 11 is 12.7. The van der Waals surface area contributed by atoms with Crippen LogP contribution in [0.4, 0.5) is 5.69 Å². The topological polar surface area (TPSA) is 68.9 Å². The highest BCUT2D eigenvalue weighted by Crippen LogP contribution is 2.31. The van der Waals surface area contributed by atoms with Crippen LogP contribution in [0.5, 0.6) is 0 Å². The van der Waals surface area contributed by atoms with Gasteiger partial charge in [0, 0.05) is 5.75 Å². The molecule has 0 saturated heterocycles. The number of rotatable bonds is 5. The van der Waals surface area contributed by atoms with Gasteiger partial charge in [0.05, 0.1) is 4.92 Å². The third-order valence-corrected chi connectivity index (χ3v) is 3.15. The van der Waals surface area contributed by atoms with Gasteiger partial charge in [0.15, 0.2) is 5.16 Å². The van der Waals surface area contributed by atoms with Crippen LogP contribution in [-0.4, -0.2) is 20.6 Å². The van der Waals surface area contributed by atoms with Gasteiger partial charge in [0.2, 0.25) is 10.3 Å². The number of aromatic nitrogens is 2. The maximum atomic E-state index is 10.6. The van der Waals surface area contributed by atoms with E-state index in [-0.39, 0.29) is 10.3 Å². The molecule has 0 saturated carbocycles. The van der Waals surface area contributed by atoms with Crippen LogP contribution >= 0.6 is 35.0 Å². The zero-order valence-corrected chi connectivity index (χ0v) is 10.8. The Labute approximate surface area is 107 Å². The lowest BCUT2D eigenvalue weighted by Gasteiger charge is -2.01. The molecule has 0 aliphatic rings. The molecular formula is C8H9Cl2N3O2S. The molecule has 8 heteroatoms. The maximum absolute atomic E-state index is 10.6. The van der Waals surface area contributed by atoms with Crippen molar-refractivity contribution in [1.82, 2.24) is 9.97 Å². The van der Waals surface area contributed by atoms with Crippen LogP contribution < -0.4 is 0 Å². The largest absolute Gasteiger partial charge is 0.343 e. The van der Waals surface area contributed by atoms with Crippen LogP contribution in [0.25, 0.3) is 0 Å². The van der Waals surface area contributed by atoms with E-state index in [2.05, 4.69) is 16.9 Å². The third-order valence-electron chi connectivity index (χ3n) is 1.69. The predicted molar refractivity (Wildman–Crippen MR) is 64.3 cm³/mol. The molecule has 0 spiro atoms. The Hall–Kier alpha value is -0.590. The molecule has 1 rings (SSSR count). The summed E-state index contributed by atoms with van der Waals surface area (Å²) in [6, 6.07) is 0. The second-order valence-corrected chi connectivity index (χ2v) is 4.67. The van der Waals surface area contributed by atoms with Crippen molar-refractivity contribution in [2.24, 2.45) is 0 Å². The number of unbranched alkanes of at least 4 members (excludes halogenated alkanes) is 1. The van der Waals surface area contributed by atoms with E-state index < -0.39 is 10.6 Å². The normalized spacial score (nSPS) is 10.4. The molecule has 0 aromatic carbocycles. The number of hydrogen-bond acceptors (Lipinski definition) is 5. The van der Waals surface area contributed by atoms with E-state index in [1.165, 1.54) is 11.8 Å². The van der Waals surface area contributed by atoms with Crippen LogP contribution in [0.3, 0.4) is 0 Å². The molecule has 0 unspecified atom stereocenters. The summed E-state index contributed by atoms with van der Waals surface area (Å²) < 4.78 is 0. The average molecular weight is 282 g/mol. The van der Waals surface area contributed by atoms with Crippen molar-refractivity contribution < 1.29 is 4.92 Å². The lowest BCUT2D eigenvalue weighted by atomic mass is 10.4. The highest BCUT2D eigenvalue weighted by Gasteiger charge is 2.22. The first kappa shape index (κ1) is 13.5. The van der Waals surface area contributed by atoms with Gasteiger partial charge >= 0.3 is 5.69 Å². The minimum absolute atomic E-state index is 0.219. The molecule has 0 N–H and O–H groups in total. The second kappa shape index (κ2) is 6.22. The molecule has 1 heterocycles. The van der Waals surface area contributed by atoms with Gasteiger partial charge < -0.3 is 0 Å². The van der Waals surface area contributed by atoms with E-state index in [0.29, 0.717) is 5.16 Å². The number of nitrogens with zero attached hydrogens (tertiary/aromatic N) is 3. The molecular weight excluding hydrogens is 273 g/mol. The fraction of sp³-hybridized carbons (Fsp3) is 0.500. The second-order valence-electron chi connectivity index (χ2n) is 2.90. The number of thioether (sulfide) groups is 1. The Morgan fingerprint density at radius 3 is 2.38 bits per heavy atom. The van der Waals surface area contributed by atoms with Gasteiger partial charge in [-0.05, 0) is 6.42 Å². The SMILES string of the molecule is CCCCSc1nc(Cl)c([N+](=O)[O-])c(Cl)n1. The van der Waals surface area contributed by atoms with E-state index in [1.807, 2.05) is 0 Å². The summed E-state index contributed by atoms with van der Waals surface area (Å²) in [7, 11) is 0. The zero-order chi connectivity index (χ0) is 12.1. The first-order valence-electron chi connectivity index (χ1n) is 4.56. The van der Waals surface area contributed by atoms with Crippen molar-refractivity contribution in [1.29, 1.82) is 0 Å². The fourth-order valence-corrected chi connectivity index (χ4v) is 2.46. The Kier molecular flexibility index (Phi) is 5.24. The van der Waals surface area contributed by atoms with Crippen molar-refractivity contribution in [3.8, 4) is 0 Å². The molecule has 0 radical (unpaired) electrons. The molecule has 0 aliphatic heterocycles.